The van der Waals surface area contributed by atoms with Crippen molar-refractivity contribution in [2.24, 2.45) is 5.73 Å². The molecule has 26 heavy (non-hydrogen) atoms. The molecule has 0 amide bonds. The second kappa shape index (κ2) is 7.99. The number of aromatic nitrogens is 4. The van der Waals surface area contributed by atoms with Gasteiger partial charge in [-0.3, -0.25) is 20.1 Å². The first kappa shape index (κ1) is 21.8. The molecule has 0 saturated heterocycles. The standard InChI is InChI=1S/C14H22N6O5.ClH/c1-4-5-24-11(22)14(16,13(2,3)23)25-7-20-6-17-8-9(20)18-12(15)19-10(8)21;/h6,23H,4-5,7,16H2,1-3H3,(H3,15,18,19,21);1H. The molecule has 2 rings (SSSR count). The molecule has 0 fully saturated rings. The van der Waals surface area contributed by atoms with E-state index in [0.29, 0.717) is 6.42 Å². The average Bonchev–Trinajstić information content (AvgIpc) is 2.92. The van der Waals surface area contributed by atoms with E-state index in [1.54, 1.807) is 0 Å². The normalized spacial score (nSPS) is 13.9. The summed E-state index contributed by atoms with van der Waals surface area (Å²) in [4.78, 5) is 34.2. The van der Waals surface area contributed by atoms with Crippen LogP contribution in [0.15, 0.2) is 11.1 Å². The van der Waals surface area contributed by atoms with Crippen molar-refractivity contribution >= 4 is 35.5 Å². The summed E-state index contributed by atoms with van der Waals surface area (Å²) >= 11 is 0. The van der Waals surface area contributed by atoms with Crippen LogP contribution in [0.25, 0.3) is 11.2 Å². The Bertz CT molecular complexity index is 829. The van der Waals surface area contributed by atoms with Gasteiger partial charge in [-0.05, 0) is 20.3 Å². The van der Waals surface area contributed by atoms with Crippen molar-refractivity contribution in [3.05, 3.63) is 16.7 Å². The highest BCUT2D eigenvalue weighted by atomic mass is 35.5. The summed E-state index contributed by atoms with van der Waals surface area (Å²) < 4.78 is 11.8. The Morgan fingerprint density at radius 2 is 2.12 bits per heavy atom. The van der Waals surface area contributed by atoms with Crippen LogP contribution in [-0.2, 0) is 21.0 Å². The molecule has 0 aliphatic rings. The third kappa shape index (κ3) is 4.12. The van der Waals surface area contributed by atoms with Crippen LogP contribution in [0.3, 0.4) is 0 Å². The van der Waals surface area contributed by atoms with Gasteiger partial charge in [-0.1, -0.05) is 6.92 Å². The highest BCUT2D eigenvalue weighted by molar-refractivity contribution is 5.85. The van der Waals surface area contributed by atoms with Crippen molar-refractivity contribution in [1.82, 2.24) is 19.5 Å². The Kier molecular flexibility index (Phi) is 6.71. The molecule has 2 aromatic heterocycles. The minimum Gasteiger partial charge on any atom is -0.462 e. The molecule has 12 heteroatoms. The van der Waals surface area contributed by atoms with E-state index in [2.05, 4.69) is 15.0 Å². The van der Waals surface area contributed by atoms with Crippen molar-refractivity contribution < 1.29 is 19.4 Å². The number of imidazole rings is 1. The number of hydrogen-bond donors (Lipinski definition) is 4. The van der Waals surface area contributed by atoms with Gasteiger partial charge in [-0.2, -0.15) is 4.98 Å². The maximum Gasteiger partial charge on any atom is 0.356 e. The number of fused-ring (bicyclic) bond motifs is 1. The topological polar surface area (TPSA) is 171 Å². The predicted octanol–water partition coefficient (Wildman–Crippen LogP) is -0.523. The smallest absolute Gasteiger partial charge is 0.356 e. The van der Waals surface area contributed by atoms with Crippen molar-refractivity contribution in [2.45, 2.75) is 45.2 Å². The zero-order chi connectivity index (χ0) is 18.8. The first-order valence-corrected chi connectivity index (χ1v) is 7.63. The first-order chi connectivity index (χ1) is 11.6. The molecule has 2 aromatic rings. The molecule has 0 spiro atoms. The number of nitrogens with one attached hydrogen (secondary N) is 1. The van der Waals surface area contributed by atoms with Crippen molar-refractivity contribution in [3.8, 4) is 0 Å². The van der Waals surface area contributed by atoms with Gasteiger partial charge in [0.1, 0.15) is 12.3 Å². The zero-order valence-corrected chi connectivity index (χ0v) is 15.5. The molecule has 146 valence electrons. The van der Waals surface area contributed by atoms with Gasteiger partial charge in [-0.25, -0.2) is 9.78 Å². The predicted molar refractivity (Wildman–Crippen MR) is 95.4 cm³/mol. The maximum atomic E-state index is 12.3. The van der Waals surface area contributed by atoms with E-state index in [1.165, 1.54) is 24.7 Å². The molecule has 1 atom stereocenters. The molecular formula is C14H23ClN6O5. The second-order valence-electron chi connectivity index (χ2n) is 6.04. The lowest BCUT2D eigenvalue weighted by Gasteiger charge is -2.37. The first-order valence-electron chi connectivity index (χ1n) is 7.63. The number of halogens is 1. The Hall–Kier alpha value is -2.21. The number of aliphatic hydroxyl groups is 1. The Balaban J connectivity index is 0.00000338. The van der Waals surface area contributed by atoms with Crippen LogP contribution >= 0.6 is 12.4 Å². The molecule has 0 bridgehead atoms. The van der Waals surface area contributed by atoms with Crippen LogP contribution in [-0.4, -0.2) is 48.5 Å². The summed E-state index contributed by atoms with van der Waals surface area (Å²) in [6.07, 6.45) is 1.88. The van der Waals surface area contributed by atoms with Crippen molar-refractivity contribution in [1.29, 1.82) is 0 Å². The number of H-pyrrole nitrogens is 1. The fourth-order valence-electron chi connectivity index (χ4n) is 2.02. The van der Waals surface area contributed by atoms with Crippen molar-refractivity contribution in [3.63, 3.8) is 0 Å². The Labute approximate surface area is 155 Å². The SMILES string of the molecule is CCCOC(=O)C(N)(OCn1cnc2c(=O)[nH]c(N)nc21)C(C)(C)O.Cl. The quantitative estimate of drug-likeness (QED) is 0.358. The maximum absolute atomic E-state index is 12.3. The largest absolute Gasteiger partial charge is 0.462 e. The van der Waals surface area contributed by atoms with Gasteiger partial charge in [0, 0.05) is 0 Å². The minimum atomic E-state index is -2.13. The number of anilines is 1. The van der Waals surface area contributed by atoms with Gasteiger partial charge in [0.05, 0.1) is 12.9 Å². The number of hydrogen-bond acceptors (Lipinski definition) is 9. The summed E-state index contributed by atoms with van der Waals surface area (Å²) in [6.45, 7) is 4.30. The average molecular weight is 391 g/mol. The van der Waals surface area contributed by atoms with E-state index in [9.17, 15) is 14.7 Å². The molecule has 6 N–H and O–H groups in total. The van der Waals surface area contributed by atoms with Gasteiger partial charge < -0.3 is 20.3 Å². The van der Waals surface area contributed by atoms with Gasteiger partial charge in [-0.15, -0.1) is 12.4 Å². The third-order valence-electron chi connectivity index (χ3n) is 3.57. The fraction of sp³-hybridized carbons (Fsp3) is 0.571. The molecular weight excluding hydrogens is 368 g/mol. The summed E-state index contributed by atoms with van der Waals surface area (Å²) in [5.41, 5.74) is 7.33. The van der Waals surface area contributed by atoms with E-state index in [0.717, 1.165) is 0 Å². The third-order valence-corrected chi connectivity index (χ3v) is 3.57. The number of nitrogens with two attached hydrogens (primary N) is 2. The lowest BCUT2D eigenvalue weighted by atomic mass is 9.95. The van der Waals surface area contributed by atoms with E-state index in [-0.39, 0.29) is 42.9 Å². The molecule has 0 aliphatic heterocycles. The number of carbonyl (C=O) groups excluding carboxylic acids is 1. The Morgan fingerprint density at radius 1 is 1.46 bits per heavy atom. The van der Waals surface area contributed by atoms with E-state index >= 15 is 0 Å². The number of esters is 1. The molecule has 0 radical (unpaired) electrons. The Morgan fingerprint density at radius 3 is 2.69 bits per heavy atom. The molecule has 2 heterocycles. The zero-order valence-electron chi connectivity index (χ0n) is 14.7. The lowest BCUT2D eigenvalue weighted by Crippen LogP contribution is -2.65. The van der Waals surface area contributed by atoms with E-state index in [4.69, 9.17) is 20.9 Å². The number of aromatic amines is 1. The molecule has 0 aliphatic carbocycles. The minimum absolute atomic E-state index is 0. The number of nitrogen functional groups attached to an aromatic ring is 1. The molecule has 0 aromatic carbocycles. The van der Waals surface area contributed by atoms with Crippen LogP contribution in [0, 0.1) is 0 Å². The van der Waals surface area contributed by atoms with Gasteiger partial charge in [0.15, 0.2) is 11.2 Å². The molecule has 1 unspecified atom stereocenters. The number of carbonyl (C=O) groups is 1. The van der Waals surface area contributed by atoms with Gasteiger partial charge >= 0.3 is 5.97 Å². The van der Waals surface area contributed by atoms with Gasteiger partial charge in [0.25, 0.3) is 5.56 Å². The van der Waals surface area contributed by atoms with Crippen LogP contribution < -0.4 is 17.0 Å². The van der Waals surface area contributed by atoms with Gasteiger partial charge in [0.2, 0.25) is 11.7 Å². The van der Waals surface area contributed by atoms with E-state index in [1.807, 2.05) is 6.92 Å². The highest BCUT2D eigenvalue weighted by Crippen LogP contribution is 2.23. The number of ether oxygens (including phenoxy) is 2. The molecule has 11 nitrogen and oxygen atoms in total. The lowest BCUT2D eigenvalue weighted by molar-refractivity contribution is -0.213. The fourth-order valence-corrected chi connectivity index (χ4v) is 2.02. The monoisotopic (exact) mass is 390 g/mol. The van der Waals surface area contributed by atoms with Crippen LogP contribution in [0.1, 0.15) is 27.2 Å². The van der Waals surface area contributed by atoms with Crippen LogP contribution in [0.5, 0.6) is 0 Å². The van der Waals surface area contributed by atoms with Crippen LogP contribution in [0.2, 0.25) is 0 Å². The number of rotatable bonds is 7. The molecule has 0 saturated carbocycles. The number of nitrogens with zero attached hydrogens (tertiary/aromatic N) is 3. The van der Waals surface area contributed by atoms with E-state index < -0.39 is 22.9 Å². The summed E-state index contributed by atoms with van der Waals surface area (Å²) in [7, 11) is 0. The van der Waals surface area contributed by atoms with Crippen LogP contribution in [0.4, 0.5) is 5.95 Å². The summed E-state index contributed by atoms with van der Waals surface area (Å²) in [5, 5.41) is 10.3. The van der Waals surface area contributed by atoms with Crippen molar-refractivity contribution in [2.75, 3.05) is 12.3 Å². The highest BCUT2D eigenvalue weighted by Gasteiger charge is 2.50. The summed E-state index contributed by atoms with van der Waals surface area (Å²) in [6, 6.07) is 0. The summed E-state index contributed by atoms with van der Waals surface area (Å²) in [5.74, 6) is -1.00. The second-order valence-corrected chi connectivity index (χ2v) is 6.04.